The van der Waals surface area contributed by atoms with Gasteiger partial charge in [-0.1, -0.05) is 30.0 Å². The first-order chi connectivity index (χ1) is 11.3. The van der Waals surface area contributed by atoms with Crippen LogP contribution in [0.3, 0.4) is 0 Å². The number of hydrogen-bond acceptors (Lipinski definition) is 5. The van der Waals surface area contributed by atoms with E-state index in [1.54, 1.807) is 29.6 Å². The lowest BCUT2D eigenvalue weighted by Gasteiger charge is -2.16. The van der Waals surface area contributed by atoms with Crippen LogP contribution in [0.25, 0.3) is 11.5 Å². The first-order valence-electron chi connectivity index (χ1n) is 7.30. The van der Waals surface area contributed by atoms with Gasteiger partial charge in [-0.25, -0.2) is 14.5 Å². The molecular formula is C16H14N4O2S. The smallest absolute Gasteiger partial charge is 0.359 e. The van der Waals surface area contributed by atoms with E-state index in [9.17, 15) is 4.79 Å². The number of hydrogen-bond donors (Lipinski definition) is 0. The molecule has 0 atom stereocenters. The van der Waals surface area contributed by atoms with Crippen LogP contribution in [0.4, 0.5) is 0 Å². The monoisotopic (exact) mass is 326 g/mol. The van der Waals surface area contributed by atoms with E-state index < -0.39 is 0 Å². The fourth-order valence-corrected chi connectivity index (χ4v) is 3.59. The van der Waals surface area contributed by atoms with Crippen molar-refractivity contribution in [1.82, 2.24) is 19.3 Å². The minimum absolute atomic E-state index is 0.329. The van der Waals surface area contributed by atoms with Crippen molar-refractivity contribution < 1.29 is 9.53 Å². The number of esters is 1. The van der Waals surface area contributed by atoms with Crippen molar-refractivity contribution in [3.8, 4) is 11.5 Å². The molecule has 3 aromatic rings. The van der Waals surface area contributed by atoms with Crippen LogP contribution in [0.1, 0.15) is 23.0 Å². The molecule has 1 aliphatic heterocycles. The maximum absolute atomic E-state index is 12.3. The van der Waals surface area contributed by atoms with Crippen molar-refractivity contribution in [1.29, 1.82) is 0 Å². The molecule has 23 heavy (non-hydrogen) atoms. The van der Waals surface area contributed by atoms with Crippen molar-refractivity contribution in [3.63, 3.8) is 0 Å². The highest BCUT2D eigenvalue weighted by atomic mass is 32.2. The van der Waals surface area contributed by atoms with Gasteiger partial charge >= 0.3 is 5.97 Å². The molecule has 0 amide bonds. The van der Waals surface area contributed by atoms with E-state index in [4.69, 9.17) is 4.74 Å². The van der Waals surface area contributed by atoms with Gasteiger partial charge in [0.2, 0.25) is 0 Å². The molecule has 0 N–H and O–H groups in total. The van der Waals surface area contributed by atoms with Gasteiger partial charge < -0.3 is 4.74 Å². The molecule has 0 unspecified atom stereocenters. The van der Waals surface area contributed by atoms with E-state index in [0.717, 1.165) is 22.2 Å². The lowest BCUT2D eigenvalue weighted by molar-refractivity contribution is 0.0518. The van der Waals surface area contributed by atoms with E-state index in [1.165, 1.54) is 0 Å². The zero-order chi connectivity index (χ0) is 15.8. The Kier molecular flexibility index (Phi) is 3.42. The second kappa shape index (κ2) is 5.58. The van der Waals surface area contributed by atoms with Crippen LogP contribution in [-0.2, 0) is 10.5 Å². The molecule has 2 aromatic heterocycles. The third-order valence-corrected chi connectivity index (χ3v) is 4.60. The zero-order valence-electron chi connectivity index (χ0n) is 12.5. The first kappa shape index (κ1) is 14.1. The number of imidazole rings is 1. The van der Waals surface area contributed by atoms with Crippen molar-refractivity contribution in [2.24, 2.45) is 0 Å². The third kappa shape index (κ3) is 2.24. The summed E-state index contributed by atoms with van der Waals surface area (Å²) in [5, 5.41) is 5.43. The molecule has 0 saturated heterocycles. The second-order valence-corrected chi connectivity index (χ2v) is 5.93. The summed E-state index contributed by atoms with van der Waals surface area (Å²) in [6.07, 6.45) is 3.64. The quantitative estimate of drug-likeness (QED) is 0.693. The maximum Gasteiger partial charge on any atom is 0.359 e. The van der Waals surface area contributed by atoms with Gasteiger partial charge in [-0.2, -0.15) is 5.10 Å². The summed E-state index contributed by atoms with van der Waals surface area (Å²) in [5.41, 5.74) is 2.14. The molecule has 0 fully saturated rings. The number of carbonyl (C=O) groups is 1. The van der Waals surface area contributed by atoms with Crippen molar-refractivity contribution in [2.75, 3.05) is 6.61 Å². The molecule has 0 radical (unpaired) electrons. The van der Waals surface area contributed by atoms with Crippen molar-refractivity contribution in [3.05, 3.63) is 54.0 Å². The molecule has 0 bridgehead atoms. The molecule has 0 saturated carbocycles. The Hall–Kier alpha value is -2.54. The number of thioether (sulfide) groups is 1. The van der Waals surface area contributed by atoms with Gasteiger partial charge in [0.05, 0.1) is 12.3 Å². The topological polar surface area (TPSA) is 61.9 Å². The van der Waals surface area contributed by atoms with Gasteiger partial charge in [0.15, 0.2) is 10.9 Å². The predicted octanol–water partition coefficient (Wildman–Crippen LogP) is 2.84. The minimum Gasteiger partial charge on any atom is -0.461 e. The van der Waals surface area contributed by atoms with Gasteiger partial charge in [-0.05, 0) is 19.1 Å². The summed E-state index contributed by atoms with van der Waals surface area (Å²) < 4.78 is 8.91. The number of aromatic nitrogens is 4. The Balaban J connectivity index is 1.95. The van der Waals surface area contributed by atoms with E-state index in [0.29, 0.717) is 18.1 Å². The van der Waals surface area contributed by atoms with E-state index in [2.05, 4.69) is 10.1 Å². The van der Waals surface area contributed by atoms with Gasteiger partial charge in [0, 0.05) is 23.7 Å². The largest absolute Gasteiger partial charge is 0.461 e. The molecule has 1 aliphatic rings. The summed E-state index contributed by atoms with van der Waals surface area (Å²) in [7, 11) is 0. The van der Waals surface area contributed by atoms with Gasteiger partial charge in [-0.15, -0.1) is 0 Å². The van der Waals surface area contributed by atoms with Gasteiger partial charge in [0.1, 0.15) is 5.82 Å². The van der Waals surface area contributed by atoms with Crippen LogP contribution in [-0.4, -0.2) is 31.9 Å². The number of benzene rings is 1. The van der Waals surface area contributed by atoms with Crippen LogP contribution in [0, 0.1) is 0 Å². The minimum atomic E-state index is -0.386. The summed E-state index contributed by atoms with van der Waals surface area (Å²) in [5.74, 6) is 1.11. The van der Waals surface area contributed by atoms with Crippen LogP contribution in [0.5, 0.6) is 0 Å². The van der Waals surface area contributed by atoms with E-state index in [1.807, 2.05) is 41.1 Å². The molecule has 3 heterocycles. The van der Waals surface area contributed by atoms with Crippen LogP contribution in [0.15, 0.2) is 47.9 Å². The summed E-state index contributed by atoms with van der Waals surface area (Å²) in [4.78, 5) is 16.6. The number of carbonyl (C=O) groups excluding carboxylic acids is 1. The average Bonchev–Trinajstić information content (AvgIpc) is 3.19. The average molecular weight is 326 g/mol. The number of ether oxygens (including phenoxy) is 1. The van der Waals surface area contributed by atoms with Crippen molar-refractivity contribution in [2.45, 2.75) is 17.8 Å². The maximum atomic E-state index is 12.3. The highest BCUT2D eigenvalue weighted by Gasteiger charge is 2.30. The van der Waals surface area contributed by atoms with Gasteiger partial charge in [0.25, 0.3) is 0 Å². The Bertz CT molecular complexity index is 870. The summed E-state index contributed by atoms with van der Waals surface area (Å²) in [6, 6.07) is 9.75. The molecule has 1 aromatic carbocycles. The lowest BCUT2D eigenvalue weighted by Crippen LogP contribution is -2.11. The molecular weight excluding hydrogens is 312 g/mol. The number of nitrogens with zero attached hydrogens (tertiary/aromatic N) is 4. The highest BCUT2D eigenvalue weighted by molar-refractivity contribution is 7.98. The van der Waals surface area contributed by atoms with Crippen LogP contribution < -0.4 is 0 Å². The zero-order valence-corrected chi connectivity index (χ0v) is 13.3. The lowest BCUT2D eigenvalue weighted by atomic mass is 10.2. The Labute approximate surface area is 137 Å². The van der Waals surface area contributed by atoms with Crippen molar-refractivity contribution >= 4 is 17.7 Å². The second-order valence-electron chi connectivity index (χ2n) is 4.99. The number of fused-ring (bicyclic) bond motifs is 3. The van der Waals surface area contributed by atoms with E-state index >= 15 is 0 Å². The Morgan fingerprint density at radius 1 is 1.35 bits per heavy atom. The third-order valence-electron chi connectivity index (χ3n) is 3.61. The Morgan fingerprint density at radius 2 is 2.17 bits per heavy atom. The first-order valence-corrected chi connectivity index (χ1v) is 8.29. The molecule has 0 spiro atoms. The van der Waals surface area contributed by atoms with E-state index in [-0.39, 0.29) is 5.97 Å². The standard InChI is InChI=1S/C16H14N4O2S/c1-2-22-15(21)13-12-10-23-16-17-8-9-19(16)14(12)20(18-13)11-6-4-3-5-7-11/h3-9H,2,10H2,1H3. The fourth-order valence-electron chi connectivity index (χ4n) is 2.63. The normalized spacial score (nSPS) is 12.6. The summed E-state index contributed by atoms with van der Waals surface area (Å²) in [6.45, 7) is 2.12. The van der Waals surface area contributed by atoms with Gasteiger partial charge in [-0.3, -0.25) is 4.57 Å². The Morgan fingerprint density at radius 3 is 2.96 bits per heavy atom. The predicted molar refractivity (Wildman–Crippen MR) is 86.2 cm³/mol. The number of para-hydroxylation sites is 1. The van der Waals surface area contributed by atoms with Crippen LogP contribution in [0.2, 0.25) is 0 Å². The molecule has 7 heteroatoms. The molecule has 116 valence electrons. The fraction of sp³-hybridized carbons (Fsp3) is 0.188. The summed E-state index contributed by atoms with van der Waals surface area (Å²) >= 11 is 1.59. The molecule has 6 nitrogen and oxygen atoms in total. The molecule has 0 aliphatic carbocycles. The highest BCUT2D eigenvalue weighted by Crippen LogP contribution is 2.36. The SMILES string of the molecule is CCOC(=O)c1nn(-c2ccccc2)c2c1CSc1nccn1-2. The van der Waals surface area contributed by atoms with Crippen LogP contribution >= 0.6 is 11.8 Å². The molecule has 4 rings (SSSR count). The number of rotatable bonds is 3.